The molecule has 5 heterocycles. The lowest BCUT2D eigenvalue weighted by Crippen LogP contribution is -2.17. The van der Waals surface area contributed by atoms with Crippen LogP contribution in [0.2, 0.25) is 0 Å². The summed E-state index contributed by atoms with van der Waals surface area (Å²) in [5, 5.41) is 4.04. The molecule has 2 aromatic carbocycles. The van der Waals surface area contributed by atoms with Crippen molar-refractivity contribution in [2.24, 2.45) is 10.9 Å². The number of benzene rings is 2. The molecule has 7 rings (SSSR count). The van der Waals surface area contributed by atoms with Gasteiger partial charge in [0.2, 0.25) is 5.91 Å². The normalized spacial score (nSPS) is 18.8. The van der Waals surface area contributed by atoms with Gasteiger partial charge in [-0.3, -0.25) is 19.6 Å². The molecule has 7 nitrogen and oxygen atoms in total. The van der Waals surface area contributed by atoms with Crippen LogP contribution in [0.25, 0.3) is 27.7 Å². The third kappa shape index (κ3) is 4.44. The van der Waals surface area contributed by atoms with E-state index in [1.807, 2.05) is 31.5 Å². The number of aromatic nitrogens is 2. The number of nitrogens with one attached hydrogen (secondary N) is 1. The topological polar surface area (TPSA) is 85.6 Å². The highest BCUT2D eigenvalue weighted by molar-refractivity contribution is 6.04. The Morgan fingerprint density at radius 2 is 1.93 bits per heavy atom. The lowest BCUT2D eigenvalue weighted by Gasteiger charge is -2.26. The van der Waals surface area contributed by atoms with Crippen LogP contribution in [-0.2, 0) is 16.1 Å². The average Bonchev–Trinajstić information content (AvgIpc) is 3.69. The highest BCUT2D eigenvalue weighted by Gasteiger charge is 2.29. The molecule has 2 aromatic heterocycles. The van der Waals surface area contributed by atoms with Gasteiger partial charge in [-0.15, -0.1) is 0 Å². The minimum absolute atomic E-state index is 0.0327. The number of fused-ring (bicyclic) bond motifs is 2. The van der Waals surface area contributed by atoms with Crippen LogP contribution in [0.5, 0.6) is 0 Å². The molecule has 1 unspecified atom stereocenters. The van der Waals surface area contributed by atoms with E-state index in [4.69, 9.17) is 4.74 Å². The van der Waals surface area contributed by atoms with Crippen molar-refractivity contribution in [2.75, 3.05) is 19.8 Å². The number of hydrogen-bond donors (Lipinski definition) is 1. The number of rotatable bonds is 6. The van der Waals surface area contributed by atoms with E-state index in [-0.39, 0.29) is 17.6 Å². The van der Waals surface area contributed by atoms with Crippen molar-refractivity contribution in [3.8, 4) is 16.8 Å². The number of aryl methyl sites for hydroxylation is 1. The van der Waals surface area contributed by atoms with Gasteiger partial charge in [-0.1, -0.05) is 0 Å². The van der Waals surface area contributed by atoms with Gasteiger partial charge in [-0.2, -0.15) is 0 Å². The quantitative estimate of drug-likeness (QED) is 0.331. The smallest absolute Gasteiger partial charge is 0.220 e. The number of Topliss-reactive ketones (excluding diaryl/α,β-unsaturated/α-hetero) is 1. The minimum Gasteiger partial charge on any atom is -0.381 e. The Hall–Kier alpha value is -4.10. The Labute approximate surface area is 233 Å². The molecule has 0 aliphatic carbocycles. The fraction of sp³-hybridized carbons (Fsp3) is 0.333. The summed E-state index contributed by atoms with van der Waals surface area (Å²) in [4.78, 5) is 33.7. The highest BCUT2D eigenvalue weighted by Crippen LogP contribution is 2.44. The molecule has 202 valence electrons. The zero-order valence-electron chi connectivity index (χ0n) is 22.7. The van der Waals surface area contributed by atoms with Crippen molar-refractivity contribution in [2.45, 2.75) is 45.1 Å². The molecule has 0 bridgehead atoms. The lowest BCUT2D eigenvalue weighted by atomic mass is 9.89. The van der Waals surface area contributed by atoms with Gasteiger partial charge in [-0.25, -0.2) is 0 Å². The molecule has 3 aliphatic rings. The van der Waals surface area contributed by atoms with Gasteiger partial charge in [0.25, 0.3) is 0 Å². The number of ether oxygens (including phenoxy) is 1. The third-order valence-electron chi connectivity index (χ3n) is 8.53. The maximum absolute atomic E-state index is 13.1. The van der Waals surface area contributed by atoms with E-state index < -0.39 is 0 Å². The monoisotopic (exact) mass is 532 g/mol. The van der Waals surface area contributed by atoms with Gasteiger partial charge in [0.15, 0.2) is 5.78 Å². The van der Waals surface area contributed by atoms with Gasteiger partial charge < -0.3 is 14.6 Å². The molecule has 2 fully saturated rings. The van der Waals surface area contributed by atoms with Crippen LogP contribution in [0.1, 0.15) is 64.5 Å². The Morgan fingerprint density at radius 3 is 2.67 bits per heavy atom. The second-order valence-electron chi connectivity index (χ2n) is 11.3. The Morgan fingerprint density at radius 1 is 1.10 bits per heavy atom. The predicted octanol–water partition coefficient (Wildman–Crippen LogP) is 5.54. The molecule has 0 saturated carbocycles. The van der Waals surface area contributed by atoms with Crippen molar-refractivity contribution < 1.29 is 14.3 Å². The van der Waals surface area contributed by atoms with Crippen LogP contribution < -0.4 is 5.32 Å². The molecule has 40 heavy (non-hydrogen) atoms. The number of ketones is 1. The zero-order valence-corrected chi connectivity index (χ0v) is 22.7. The van der Waals surface area contributed by atoms with Gasteiger partial charge in [-0.05, 0) is 90.9 Å². The van der Waals surface area contributed by atoms with E-state index >= 15 is 0 Å². The van der Waals surface area contributed by atoms with E-state index in [2.05, 4.69) is 56.3 Å². The second-order valence-corrected chi connectivity index (χ2v) is 11.3. The zero-order chi connectivity index (χ0) is 27.2. The number of carbonyl (C=O) groups is 2. The van der Waals surface area contributed by atoms with Crippen molar-refractivity contribution in [1.29, 1.82) is 0 Å². The van der Waals surface area contributed by atoms with Gasteiger partial charge >= 0.3 is 0 Å². The van der Waals surface area contributed by atoms with E-state index in [9.17, 15) is 9.59 Å². The van der Waals surface area contributed by atoms with Crippen LogP contribution in [-0.4, -0.2) is 47.2 Å². The fourth-order valence-corrected chi connectivity index (χ4v) is 6.54. The number of pyridine rings is 1. The average molecular weight is 533 g/mol. The van der Waals surface area contributed by atoms with Gasteiger partial charge in [0, 0.05) is 84.5 Å². The Kier molecular flexibility index (Phi) is 6.31. The molecule has 0 spiro atoms. The third-order valence-corrected chi connectivity index (χ3v) is 8.53. The molecule has 1 N–H and O–H groups in total. The first-order valence-electron chi connectivity index (χ1n) is 14.2. The van der Waals surface area contributed by atoms with E-state index in [0.717, 1.165) is 43.0 Å². The standard InChI is InChI=1S/C33H32N4O3/c1-20-12-24(6-9-35-20)32-28-15-25-18-34-19-26(25)16-29(28)37(33(32)23-7-10-40-11-8-23)27-4-2-22(3-5-27)30(38)13-21-14-31(39)36-17-21/h2-6,9,12,15-16,18,21,23H,7-8,10-11,13-14,17,19H2,1H3,(H,36,39). The van der Waals surface area contributed by atoms with Crippen LogP contribution in [0, 0.1) is 12.8 Å². The number of hydrogen-bond acceptors (Lipinski definition) is 5. The molecular weight excluding hydrogens is 500 g/mol. The first-order chi connectivity index (χ1) is 19.5. The summed E-state index contributed by atoms with van der Waals surface area (Å²) in [5.41, 5.74) is 9.98. The summed E-state index contributed by atoms with van der Waals surface area (Å²) in [5.74, 6) is 0.522. The molecule has 4 aromatic rings. The summed E-state index contributed by atoms with van der Waals surface area (Å²) in [7, 11) is 0. The fourth-order valence-electron chi connectivity index (χ4n) is 6.54. The first-order valence-corrected chi connectivity index (χ1v) is 14.2. The summed E-state index contributed by atoms with van der Waals surface area (Å²) in [6.45, 7) is 4.80. The van der Waals surface area contributed by atoms with Gasteiger partial charge in [0.1, 0.15) is 0 Å². The number of nitrogens with zero attached hydrogens (tertiary/aromatic N) is 3. The molecule has 3 aliphatic heterocycles. The highest BCUT2D eigenvalue weighted by atomic mass is 16.5. The summed E-state index contributed by atoms with van der Waals surface area (Å²) in [6.07, 6.45) is 6.60. The van der Waals surface area contributed by atoms with E-state index in [1.54, 1.807) is 0 Å². The van der Waals surface area contributed by atoms with Gasteiger partial charge in [0.05, 0.1) is 12.1 Å². The van der Waals surface area contributed by atoms with Crippen LogP contribution in [0.4, 0.5) is 0 Å². The first kappa shape index (κ1) is 24.9. The van der Waals surface area contributed by atoms with Crippen LogP contribution in [0.15, 0.2) is 59.7 Å². The van der Waals surface area contributed by atoms with Crippen molar-refractivity contribution >= 4 is 28.8 Å². The van der Waals surface area contributed by atoms with Crippen molar-refractivity contribution in [1.82, 2.24) is 14.9 Å². The Balaban J connectivity index is 1.38. The number of aliphatic imine (C=N–C) groups is 1. The van der Waals surface area contributed by atoms with Crippen LogP contribution >= 0.6 is 0 Å². The lowest BCUT2D eigenvalue weighted by molar-refractivity contribution is -0.119. The number of carbonyl (C=O) groups excluding carboxylic acids is 2. The van der Waals surface area contributed by atoms with E-state index in [1.165, 1.54) is 33.3 Å². The van der Waals surface area contributed by atoms with Crippen LogP contribution in [0.3, 0.4) is 0 Å². The SMILES string of the molecule is Cc1cc(-c2c(C3CCOCC3)n(-c3ccc(C(=O)CC4CNC(=O)C4)cc3)c3cc4c(cc23)C=NC4)ccn1. The van der Waals surface area contributed by atoms with Crippen molar-refractivity contribution in [3.63, 3.8) is 0 Å². The predicted molar refractivity (Wildman–Crippen MR) is 155 cm³/mol. The maximum Gasteiger partial charge on any atom is 0.220 e. The summed E-state index contributed by atoms with van der Waals surface area (Å²) < 4.78 is 8.18. The Bertz CT molecular complexity index is 1660. The maximum atomic E-state index is 13.1. The molecule has 2 saturated heterocycles. The van der Waals surface area contributed by atoms with E-state index in [0.29, 0.717) is 37.4 Å². The summed E-state index contributed by atoms with van der Waals surface area (Å²) >= 11 is 0. The molecule has 0 radical (unpaired) electrons. The second kappa shape index (κ2) is 10.1. The molecule has 1 atom stereocenters. The number of amides is 1. The molecule has 7 heteroatoms. The van der Waals surface area contributed by atoms with Crippen molar-refractivity contribution in [3.05, 3.63) is 82.8 Å². The largest absolute Gasteiger partial charge is 0.381 e. The summed E-state index contributed by atoms with van der Waals surface area (Å²) in [6, 6.07) is 16.9. The molecule has 1 amide bonds. The minimum atomic E-state index is 0.0327. The molecular formula is C33H32N4O3.